The van der Waals surface area contributed by atoms with Gasteiger partial charge in [-0.3, -0.25) is 4.68 Å². The average Bonchev–Trinajstić information content (AvgIpc) is 2.89. The van der Waals surface area contributed by atoms with E-state index in [-0.39, 0.29) is 34.1 Å². The first-order valence-corrected chi connectivity index (χ1v) is 8.33. The van der Waals surface area contributed by atoms with E-state index in [1.807, 2.05) is 0 Å². The summed E-state index contributed by atoms with van der Waals surface area (Å²) in [5.41, 5.74) is 4.88. The summed E-state index contributed by atoms with van der Waals surface area (Å²) in [5, 5.41) is 7.00. The van der Waals surface area contributed by atoms with Crippen LogP contribution in [0.1, 0.15) is 11.3 Å². The number of halogens is 5. The molecular weight excluding hydrogens is 395 g/mol. The number of nitrogen functional groups attached to an aromatic ring is 1. The predicted molar refractivity (Wildman–Crippen MR) is 99.0 cm³/mol. The van der Waals surface area contributed by atoms with Gasteiger partial charge in [-0.15, -0.1) is 0 Å². The summed E-state index contributed by atoms with van der Waals surface area (Å²) in [6, 6.07) is 4.84. The minimum Gasteiger partial charge on any atom is -0.497 e. The van der Waals surface area contributed by atoms with Crippen molar-refractivity contribution in [3.8, 4) is 16.9 Å². The van der Waals surface area contributed by atoms with E-state index in [4.69, 9.17) is 10.5 Å². The number of methoxy groups -OCH3 is 1. The lowest BCUT2D eigenvalue weighted by Gasteiger charge is -2.15. The number of benzene rings is 2. The molecule has 0 aliphatic rings. The van der Waals surface area contributed by atoms with Crippen molar-refractivity contribution >= 4 is 17.2 Å². The number of hydrogen-bond acceptors (Lipinski definition) is 4. The van der Waals surface area contributed by atoms with Crippen molar-refractivity contribution in [2.45, 2.75) is 13.1 Å². The Balaban J connectivity index is 2.10. The van der Waals surface area contributed by atoms with Crippen LogP contribution in [-0.2, 0) is 13.2 Å². The van der Waals surface area contributed by atoms with Crippen LogP contribution in [0.2, 0.25) is 0 Å². The number of nitrogens with zero attached hydrogens (tertiary/aromatic N) is 2. The van der Waals surface area contributed by atoms with Crippen LogP contribution in [-0.4, -0.2) is 16.9 Å². The second kappa shape index (κ2) is 7.26. The van der Waals surface area contributed by atoms with Crippen molar-refractivity contribution < 1.29 is 26.7 Å². The number of nitrogens with two attached hydrogens (primary N) is 1. The Labute approximate surface area is 162 Å². The van der Waals surface area contributed by atoms with Gasteiger partial charge in [0.2, 0.25) is 0 Å². The van der Waals surface area contributed by atoms with E-state index in [1.165, 1.54) is 18.8 Å². The second-order valence-electron chi connectivity index (χ2n) is 6.32. The number of rotatable bonds is 4. The number of hydrogen-bond donors (Lipinski definition) is 2. The van der Waals surface area contributed by atoms with E-state index >= 15 is 0 Å². The molecule has 154 valence electrons. The molecule has 0 aliphatic carbocycles. The molecule has 1 heterocycles. The van der Waals surface area contributed by atoms with Gasteiger partial charge in [0.05, 0.1) is 40.9 Å². The van der Waals surface area contributed by atoms with Crippen molar-refractivity contribution in [2.24, 2.45) is 7.05 Å². The van der Waals surface area contributed by atoms with Crippen LogP contribution in [0, 0.1) is 18.6 Å². The van der Waals surface area contributed by atoms with Gasteiger partial charge in [-0.05, 0) is 25.1 Å². The summed E-state index contributed by atoms with van der Waals surface area (Å²) >= 11 is 0. The zero-order valence-corrected chi connectivity index (χ0v) is 15.7. The van der Waals surface area contributed by atoms with E-state index in [2.05, 4.69) is 10.4 Å². The molecule has 1 aromatic heterocycles. The molecule has 10 heteroatoms. The minimum absolute atomic E-state index is 0.00628. The molecule has 3 N–H and O–H groups in total. The molecule has 0 amide bonds. The molecule has 29 heavy (non-hydrogen) atoms. The molecule has 0 radical (unpaired) electrons. The van der Waals surface area contributed by atoms with Crippen LogP contribution in [0.4, 0.5) is 39.1 Å². The van der Waals surface area contributed by atoms with E-state index in [9.17, 15) is 22.0 Å². The highest BCUT2D eigenvalue weighted by atomic mass is 19.4. The molecule has 0 atom stereocenters. The van der Waals surface area contributed by atoms with Gasteiger partial charge in [-0.1, -0.05) is 0 Å². The lowest BCUT2D eigenvalue weighted by Crippen LogP contribution is -2.08. The average molecular weight is 412 g/mol. The van der Waals surface area contributed by atoms with E-state index in [1.54, 1.807) is 6.92 Å². The number of anilines is 3. The first kappa shape index (κ1) is 20.4. The van der Waals surface area contributed by atoms with Gasteiger partial charge in [-0.2, -0.15) is 18.3 Å². The normalized spacial score (nSPS) is 11.6. The first-order valence-electron chi connectivity index (χ1n) is 8.33. The van der Waals surface area contributed by atoms with Gasteiger partial charge < -0.3 is 15.8 Å². The minimum atomic E-state index is -4.55. The molecule has 0 unspecified atom stereocenters. The molecule has 0 fully saturated rings. The lowest BCUT2D eigenvalue weighted by molar-refractivity contribution is -0.137. The maximum absolute atomic E-state index is 14.6. The van der Waals surface area contributed by atoms with Crippen molar-refractivity contribution in [1.29, 1.82) is 0 Å². The van der Waals surface area contributed by atoms with Gasteiger partial charge in [0.25, 0.3) is 0 Å². The summed E-state index contributed by atoms with van der Waals surface area (Å²) in [4.78, 5) is 0. The second-order valence-corrected chi connectivity index (χ2v) is 6.32. The number of alkyl halides is 3. The van der Waals surface area contributed by atoms with Crippen LogP contribution in [0.3, 0.4) is 0 Å². The molecule has 5 nitrogen and oxygen atoms in total. The number of nitrogens with one attached hydrogen (secondary N) is 1. The fraction of sp³-hybridized carbons (Fsp3) is 0.211. The molecular formula is C19H17F5N4O. The zero-order chi connectivity index (χ0) is 21.5. The Hall–Kier alpha value is -3.30. The molecule has 0 saturated heterocycles. The SMILES string of the molecule is COc1cc(F)c(-c2c(C)nn(C)c2Nc2ccc(C(F)(F)F)cc2N)c(F)c1. The van der Waals surface area contributed by atoms with Crippen LogP contribution >= 0.6 is 0 Å². The molecule has 0 saturated carbocycles. The third kappa shape index (κ3) is 3.82. The van der Waals surface area contributed by atoms with Crippen LogP contribution in [0.15, 0.2) is 30.3 Å². The topological polar surface area (TPSA) is 65.1 Å². The Morgan fingerprint density at radius 2 is 1.69 bits per heavy atom. The quantitative estimate of drug-likeness (QED) is 0.466. The summed E-state index contributed by atoms with van der Waals surface area (Å²) in [6.07, 6.45) is -4.55. The Bertz CT molecular complexity index is 1050. The molecule has 0 spiro atoms. The summed E-state index contributed by atoms with van der Waals surface area (Å²) in [5.74, 6) is -1.58. The first-order chi connectivity index (χ1) is 13.5. The predicted octanol–water partition coefficient (Wildman–Crippen LogP) is 5.03. The van der Waals surface area contributed by atoms with Crippen molar-refractivity contribution in [3.63, 3.8) is 0 Å². The van der Waals surface area contributed by atoms with Crippen LogP contribution in [0.25, 0.3) is 11.1 Å². The maximum atomic E-state index is 14.6. The lowest BCUT2D eigenvalue weighted by atomic mass is 10.0. The zero-order valence-electron chi connectivity index (χ0n) is 15.7. The number of aromatic nitrogens is 2. The fourth-order valence-electron chi connectivity index (χ4n) is 2.99. The molecule has 0 aliphatic heterocycles. The van der Waals surface area contributed by atoms with Crippen molar-refractivity contribution in [3.05, 3.63) is 53.2 Å². The Morgan fingerprint density at radius 3 is 2.21 bits per heavy atom. The smallest absolute Gasteiger partial charge is 0.416 e. The molecule has 3 aromatic rings. The van der Waals surface area contributed by atoms with Gasteiger partial charge in [0.1, 0.15) is 23.2 Å². The van der Waals surface area contributed by atoms with Crippen LogP contribution < -0.4 is 15.8 Å². The molecule has 2 aromatic carbocycles. The van der Waals surface area contributed by atoms with Gasteiger partial charge >= 0.3 is 6.18 Å². The standard InChI is InChI=1S/C19H17F5N4O/c1-9-16(17-12(20)7-11(29-3)8-13(17)21)18(28(2)27-9)26-15-5-4-10(6-14(15)25)19(22,23)24/h4-8,26H,25H2,1-3H3. The van der Waals surface area contributed by atoms with Crippen molar-refractivity contribution in [2.75, 3.05) is 18.2 Å². The van der Waals surface area contributed by atoms with Crippen LogP contribution in [0.5, 0.6) is 5.75 Å². The van der Waals surface area contributed by atoms with Crippen molar-refractivity contribution in [1.82, 2.24) is 9.78 Å². The highest BCUT2D eigenvalue weighted by Gasteiger charge is 2.31. The van der Waals surface area contributed by atoms with E-state index in [0.717, 1.165) is 30.3 Å². The molecule has 0 bridgehead atoms. The van der Waals surface area contributed by atoms with Gasteiger partial charge in [0.15, 0.2) is 0 Å². The summed E-state index contributed by atoms with van der Waals surface area (Å²) in [7, 11) is 2.81. The fourth-order valence-corrected chi connectivity index (χ4v) is 2.99. The van der Waals surface area contributed by atoms with Gasteiger partial charge in [-0.25, -0.2) is 8.78 Å². The van der Waals surface area contributed by atoms with E-state index < -0.39 is 23.4 Å². The monoisotopic (exact) mass is 412 g/mol. The molecule has 3 rings (SSSR count). The summed E-state index contributed by atoms with van der Waals surface area (Å²) in [6.45, 7) is 1.56. The highest BCUT2D eigenvalue weighted by molar-refractivity contribution is 5.84. The third-order valence-corrected chi connectivity index (χ3v) is 4.36. The van der Waals surface area contributed by atoms with Gasteiger partial charge in [0, 0.05) is 19.2 Å². The number of aryl methyl sites for hydroxylation is 2. The highest BCUT2D eigenvalue weighted by Crippen LogP contribution is 2.39. The third-order valence-electron chi connectivity index (χ3n) is 4.36. The summed E-state index contributed by atoms with van der Waals surface area (Å²) < 4.78 is 74.0. The largest absolute Gasteiger partial charge is 0.497 e. The maximum Gasteiger partial charge on any atom is 0.416 e. The number of ether oxygens (including phenoxy) is 1. The van der Waals surface area contributed by atoms with E-state index in [0.29, 0.717) is 5.69 Å². The Kier molecular flexibility index (Phi) is 5.12. The Morgan fingerprint density at radius 1 is 1.07 bits per heavy atom.